The van der Waals surface area contributed by atoms with E-state index < -0.39 is 7.15 Å². The minimum absolute atomic E-state index is 0.803. The van der Waals surface area contributed by atoms with Gasteiger partial charge < -0.3 is 0 Å². The van der Waals surface area contributed by atoms with Crippen LogP contribution >= 0.6 is 18.4 Å². The number of hydrogen-bond acceptors (Lipinski definition) is 0. The van der Waals surface area contributed by atoms with Crippen molar-refractivity contribution in [3.63, 3.8) is 0 Å². The molecule has 0 nitrogen and oxygen atoms in total. The Morgan fingerprint density at radius 2 is 1.90 bits per heavy atom. The summed E-state index contributed by atoms with van der Waals surface area (Å²) in [5.41, 5.74) is 1.21. The highest BCUT2D eigenvalue weighted by molar-refractivity contribution is 8.01. The fourth-order valence-corrected chi connectivity index (χ4v) is 1.73. The molecule has 0 N–H and O–H groups in total. The number of benzene rings is 1. The molecule has 0 saturated heterocycles. The Labute approximate surface area is 68.5 Å². The van der Waals surface area contributed by atoms with E-state index in [-0.39, 0.29) is 0 Å². The second-order valence-corrected chi connectivity index (χ2v) is 4.46. The van der Waals surface area contributed by atoms with Crippen LogP contribution in [-0.4, -0.2) is 7.57 Å². The first kappa shape index (κ1) is 8.10. The number of hydrogen-bond donors (Lipinski definition) is 0. The first-order valence-corrected chi connectivity index (χ1v) is 5.51. The minimum atomic E-state index is -0.805. The summed E-state index contributed by atoms with van der Waals surface area (Å²) in [5.74, 6) is 0. The Hall–Kier alpha value is 0.00494. The van der Waals surface area contributed by atoms with Gasteiger partial charge >= 0.3 is 0 Å². The van der Waals surface area contributed by atoms with Gasteiger partial charge in [-0.2, -0.15) is 0 Å². The lowest BCUT2D eigenvalue weighted by Gasteiger charge is -2.01. The Morgan fingerprint density at radius 3 is 2.40 bits per heavy atom. The zero-order valence-electron chi connectivity index (χ0n) is 5.50. The van der Waals surface area contributed by atoms with E-state index in [2.05, 4.69) is 0 Å². The fraction of sp³-hybridized carbons (Fsp3) is 0.143. The Balaban J connectivity index is 2.59. The molecule has 1 rings (SSSR count). The Kier molecular flexibility index (Phi) is 3.25. The van der Waals surface area contributed by atoms with E-state index in [0.29, 0.717) is 0 Å². The smallest absolute Gasteiger partial charge is 0.108 e. The lowest BCUT2D eigenvalue weighted by atomic mass is 10.2. The van der Waals surface area contributed by atoms with Crippen molar-refractivity contribution < 1.29 is 0 Å². The van der Waals surface area contributed by atoms with Crippen molar-refractivity contribution in [2.45, 2.75) is 6.16 Å². The van der Waals surface area contributed by atoms with E-state index in [1.54, 1.807) is 0 Å². The lowest BCUT2D eigenvalue weighted by molar-refractivity contribution is 1.42. The summed E-state index contributed by atoms with van der Waals surface area (Å²) in [6.45, 7) is 0. The molecule has 10 heavy (non-hydrogen) atoms. The van der Waals surface area contributed by atoms with Gasteiger partial charge in [0, 0.05) is 0 Å². The molecule has 1 aromatic carbocycles. The zero-order chi connectivity index (χ0) is 7.40. The van der Waals surface area contributed by atoms with Crippen molar-refractivity contribution in [3.05, 3.63) is 35.9 Å². The van der Waals surface area contributed by atoms with Crippen LogP contribution in [0.15, 0.2) is 30.3 Å². The van der Waals surface area contributed by atoms with E-state index in [1.807, 2.05) is 30.3 Å². The lowest BCUT2D eigenvalue weighted by Crippen LogP contribution is -1.77. The average Bonchev–Trinajstić information content (AvgIpc) is 1.88. The van der Waals surface area contributed by atoms with Crippen LogP contribution < -0.4 is 0 Å². The molecule has 0 aliphatic carbocycles. The first-order valence-electron chi connectivity index (χ1n) is 3.01. The molecular formula is C7H7BClP. The van der Waals surface area contributed by atoms with Gasteiger partial charge in [0.05, 0.1) is 0 Å². The second kappa shape index (κ2) is 4.00. The van der Waals surface area contributed by atoms with Gasteiger partial charge in [0.15, 0.2) is 0 Å². The van der Waals surface area contributed by atoms with Crippen molar-refractivity contribution >= 4 is 26.0 Å². The second-order valence-electron chi connectivity index (χ2n) is 2.04. The topological polar surface area (TPSA) is 0 Å². The molecule has 0 aliphatic heterocycles. The van der Waals surface area contributed by atoms with Crippen LogP contribution in [0.4, 0.5) is 0 Å². The highest BCUT2D eigenvalue weighted by atomic mass is 35.7. The molecule has 0 amide bonds. The third kappa shape index (κ3) is 2.73. The molecule has 3 heteroatoms. The first-order chi connectivity index (χ1) is 4.79. The largest absolute Gasteiger partial charge is 0.131 e. The van der Waals surface area contributed by atoms with E-state index in [4.69, 9.17) is 18.8 Å². The third-order valence-corrected chi connectivity index (χ3v) is 2.20. The Bertz CT molecular complexity index is 188. The van der Waals surface area contributed by atoms with E-state index in [0.717, 1.165) is 6.16 Å². The molecule has 50 valence electrons. The summed E-state index contributed by atoms with van der Waals surface area (Å²) in [7, 11) is 4.65. The molecule has 0 aromatic heterocycles. The molecule has 0 heterocycles. The summed E-state index contributed by atoms with van der Waals surface area (Å²) >= 11 is 5.65. The van der Waals surface area contributed by atoms with Gasteiger partial charge in [-0.3, -0.25) is 0 Å². The summed E-state index contributed by atoms with van der Waals surface area (Å²) in [6.07, 6.45) is 0.803. The maximum absolute atomic E-state index is 5.65. The van der Waals surface area contributed by atoms with Crippen molar-refractivity contribution in [2.75, 3.05) is 0 Å². The van der Waals surface area contributed by atoms with Gasteiger partial charge in [-0.15, -0.1) is 11.2 Å². The maximum Gasteiger partial charge on any atom is 0.131 e. The van der Waals surface area contributed by atoms with E-state index in [9.17, 15) is 0 Å². The predicted octanol–water partition coefficient (Wildman–Crippen LogP) is 2.91. The molecular weight excluding hydrogens is 161 g/mol. The summed E-state index contributed by atoms with van der Waals surface area (Å²) in [6, 6.07) is 10.0. The zero-order valence-corrected chi connectivity index (χ0v) is 7.15. The molecule has 0 bridgehead atoms. The van der Waals surface area contributed by atoms with Crippen molar-refractivity contribution in [3.8, 4) is 0 Å². The minimum Gasteiger partial charge on any atom is -0.108 e. The molecule has 1 atom stereocenters. The molecule has 0 saturated carbocycles. The van der Waals surface area contributed by atoms with Gasteiger partial charge in [0.1, 0.15) is 7.57 Å². The quantitative estimate of drug-likeness (QED) is 0.470. The monoisotopic (exact) mass is 168 g/mol. The number of rotatable bonds is 2. The third-order valence-electron chi connectivity index (χ3n) is 1.18. The maximum atomic E-state index is 5.65. The van der Waals surface area contributed by atoms with Gasteiger partial charge in [-0.05, 0) is 11.7 Å². The Morgan fingerprint density at radius 1 is 1.30 bits per heavy atom. The van der Waals surface area contributed by atoms with Crippen LogP contribution in [0.2, 0.25) is 0 Å². The molecule has 0 aliphatic rings. The summed E-state index contributed by atoms with van der Waals surface area (Å²) in [4.78, 5) is 0. The van der Waals surface area contributed by atoms with Crippen molar-refractivity contribution in [2.24, 2.45) is 0 Å². The predicted molar refractivity (Wildman–Crippen MR) is 48.7 cm³/mol. The highest BCUT2D eigenvalue weighted by Crippen LogP contribution is 2.38. The molecule has 1 aromatic rings. The van der Waals surface area contributed by atoms with Crippen LogP contribution in [0.3, 0.4) is 0 Å². The summed E-state index contributed by atoms with van der Waals surface area (Å²) < 4.78 is 0. The highest BCUT2D eigenvalue weighted by Gasteiger charge is 1.95. The average molecular weight is 168 g/mol. The van der Waals surface area contributed by atoms with Gasteiger partial charge in [0.25, 0.3) is 0 Å². The normalized spacial score (nSPS) is 12.9. The van der Waals surface area contributed by atoms with Crippen LogP contribution in [0.5, 0.6) is 0 Å². The molecule has 0 spiro atoms. The SMILES string of the molecule is [B]P(Cl)Cc1ccccc1. The van der Waals surface area contributed by atoms with Gasteiger partial charge in [-0.1, -0.05) is 37.5 Å². The molecule has 1 unspecified atom stereocenters. The fourth-order valence-electron chi connectivity index (χ4n) is 0.758. The van der Waals surface area contributed by atoms with Crippen LogP contribution in [-0.2, 0) is 6.16 Å². The van der Waals surface area contributed by atoms with Gasteiger partial charge in [-0.25, -0.2) is 0 Å². The summed E-state index contributed by atoms with van der Waals surface area (Å²) in [5, 5.41) is 0. The van der Waals surface area contributed by atoms with Crippen LogP contribution in [0.25, 0.3) is 0 Å². The van der Waals surface area contributed by atoms with Crippen LogP contribution in [0, 0.1) is 0 Å². The van der Waals surface area contributed by atoms with Crippen LogP contribution in [0.1, 0.15) is 5.56 Å². The molecule has 2 radical (unpaired) electrons. The molecule has 0 fully saturated rings. The van der Waals surface area contributed by atoms with E-state index in [1.165, 1.54) is 5.56 Å². The van der Waals surface area contributed by atoms with E-state index >= 15 is 0 Å². The van der Waals surface area contributed by atoms with Gasteiger partial charge in [0.2, 0.25) is 0 Å². The number of halogens is 1. The van der Waals surface area contributed by atoms with Crippen molar-refractivity contribution in [1.29, 1.82) is 0 Å². The standard InChI is InChI=1S/C7H7BClP/c8-10(9)6-7-4-2-1-3-5-7/h1-5H,6H2. The van der Waals surface area contributed by atoms with Crippen molar-refractivity contribution in [1.82, 2.24) is 0 Å².